The molecule has 0 aliphatic heterocycles. The van der Waals surface area contributed by atoms with Crippen LogP contribution in [0.1, 0.15) is 17.0 Å². The first-order chi connectivity index (χ1) is 16.1. The van der Waals surface area contributed by atoms with Crippen molar-refractivity contribution in [2.24, 2.45) is 0 Å². The topological polar surface area (TPSA) is 130 Å². The van der Waals surface area contributed by atoms with Crippen molar-refractivity contribution in [1.82, 2.24) is 34.5 Å². The molecule has 10 heteroatoms. The second-order valence-corrected chi connectivity index (χ2v) is 7.39. The predicted octanol–water partition coefficient (Wildman–Crippen LogP) is 2.85. The third kappa shape index (κ3) is 4.00. The van der Waals surface area contributed by atoms with Gasteiger partial charge in [-0.2, -0.15) is 15.5 Å². The van der Waals surface area contributed by atoms with E-state index in [1.807, 2.05) is 60.0 Å². The summed E-state index contributed by atoms with van der Waals surface area (Å²) in [5.74, 6) is 1.86. The number of nitriles is 1. The van der Waals surface area contributed by atoms with Crippen LogP contribution >= 0.6 is 0 Å². The Bertz CT molecular complexity index is 1480. The van der Waals surface area contributed by atoms with E-state index in [4.69, 9.17) is 10.2 Å². The second-order valence-electron chi connectivity index (χ2n) is 7.39. The predicted molar refractivity (Wildman–Crippen MR) is 122 cm³/mol. The van der Waals surface area contributed by atoms with Gasteiger partial charge in [0.1, 0.15) is 18.2 Å². The van der Waals surface area contributed by atoms with Gasteiger partial charge in [0.05, 0.1) is 16.7 Å². The van der Waals surface area contributed by atoms with E-state index in [1.54, 1.807) is 23.3 Å². The van der Waals surface area contributed by atoms with E-state index in [0.29, 0.717) is 29.6 Å². The maximum atomic E-state index is 9.44. The fraction of sp³-hybridized carbons (Fsp3) is 0.130. The summed E-state index contributed by atoms with van der Waals surface area (Å²) in [7, 11) is 0. The van der Waals surface area contributed by atoms with Gasteiger partial charge in [-0.15, -0.1) is 5.10 Å². The van der Waals surface area contributed by atoms with Gasteiger partial charge in [-0.3, -0.25) is 4.57 Å². The average Bonchev–Trinajstić information content (AvgIpc) is 3.48. The number of rotatable bonds is 6. The Morgan fingerprint density at radius 3 is 2.76 bits per heavy atom. The van der Waals surface area contributed by atoms with Crippen molar-refractivity contribution in [3.63, 3.8) is 0 Å². The molecule has 0 radical (unpaired) electrons. The summed E-state index contributed by atoms with van der Waals surface area (Å²) in [5.41, 5.74) is 4.48. The van der Waals surface area contributed by atoms with Crippen LogP contribution in [0.2, 0.25) is 0 Å². The number of nitrogens with zero attached hydrogens (tertiary/aromatic N) is 8. The highest BCUT2D eigenvalue weighted by molar-refractivity contribution is 5.82. The minimum absolute atomic E-state index is 0.0183. The molecule has 0 fully saturated rings. The molecule has 0 aliphatic carbocycles. The number of fused-ring (bicyclic) bond motifs is 1. The molecule has 0 atom stereocenters. The van der Waals surface area contributed by atoms with Crippen molar-refractivity contribution < 1.29 is 5.11 Å². The molecule has 0 spiro atoms. The summed E-state index contributed by atoms with van der Waals surface area (Å²) in [6.45, 7) is 1.87. The number of imidazole rings is 1. The minimum Gasteiger partial charge on any atom is -0.396 e. The van der Waals surface area contributed by atoms with Gasteiger partial charge in [0.2, 0.25) is 0 Å². The average molecular weight is 437 g/mol. The van der Waals surface area contributed by atoms with E-state index in [9.17, 15) is 5.11 Å². The van der Waals surface area contributed by atoms with Crippen LogP contribution < -0.4 is 5.32 Å². The smallest absolute Gasteiger partial charge is 0.162 e. The van der Waals surface area contributed by atoms with Crippen molar-refractivity contribution in [1.29, 1.82) is 5.26 Å². The molecule has 2 N–H and O–H groups in total. The largest absolute Gasteiger partial charge is 0.396 e. The highest BCUT2D eigenvalue weighted by Crippen LogP contribution is 2.24. The molecule has 0 saturated heterocycles. The first-order valence-corrected chi connectivity index (χ1v) is 10.3. The third-order valence-corrected chi connectivity index (χ3v) is 5.11. The van der Waals surface area contributed by atoms with Crippen molar-refractivity contribution in [3.8, 4) is 17.7 Å². The molecule has 0 aliphatic rings. The van der Waals surface area contributed by atoms with Crippen LogP contribution in [0.25, 0.3) is 22.7 Å². The van der Waals surface area contributed by atoms with Crippen LogP contribution in [0.4, 0.5) is 11.5 Å². The third-order valence-electron chi connectivity index (χ3n) is 5.11. The summed E-state index contributed by atoms with van der Waals surface area (Å²) < 4.78 is 3.43. The molecule has 5 aromatic rings. The zero-order valence-electron chi connectivity index (χ0n) is 17.7. The number of aryl methyl sites for hydroxylation is 1. The van der Waals surface area contributed by atoms with Gasteiger partial charge in [-0.1, -0.05) is 6.07 Å². The Kier molecular flexibility index (Phi) is 5.22. The van der Waals surface area contributed by atoms with Crippen molar-refractivity contribution in [3.05, 3.63) is 78.0 Å². The molecule has 0 saturated carbocycles. The highest BCUT2D eigenvalue weighted by atomic mass is 16.3. The van der Waals surface area contributed by atoms with Crippen LogP contribution in [0.15, 0.2) is 61.1 Å². The van der Waals surface area contributed by atoms with Gasteiger partial charge >= 0.3 is 0 Å². The lowest BCUT2D eigenvalue weighted by Crippen LogP contribution is -2.08. The van der Waals surface area contributed by atoms with Gasteiger partial charge in [-0.05, 0) is 61.4 Å². The number of nitrogens with one attached hydrogen (secondary N) is 1. The summed E-state index contributed by atoms with van der Waals surface area (Å²) in [5, 5.41) is 34.2. The first kappa shape index (κ1) is 20.3. The van der Waals surface area contributed by atoms with Crippen LogP contribution in [0.5, 0.6) is 0 Å². The number of hydrogen-bond donors (Lipinski definition) is 2. The van der Waals surface area contributed by atoms with E-state index in [1.165, 1.54) is 0 Å². The molecule has 33 heavy (non-hydrogen) atoms. The van der Waals surface area contributed by atoms with E-state index in [2.05, 4.69) is 25.6 Å². The van der Waals surface area contributed by atoms with Crippen molar-refractivity contribution >= 4 is 22.5 Å². The number of aromatic nitrogens is 7. The summed E-state index contributed by atoms with van der Waals surface area (Å²) in [4.78, 5) is 9.30. The number of pyridine rings is 1. The molecule has 1 aromatic carbocycles. The molecule has 4 heterocycles. The van der Waals surface area contributed by atoms with E-state index in [-0.39, 0.29) is 6.61 Å². The summed E-state index contributed by atoms with van der Waals surface area (Å²) in [6.07, 6.45) is 3.82. The minimum atomic E-state index is -0.0183. The Hall–Kier alpha value is -4.62. The molecule has 0 bridgehead atoms. The lowest BCUT2D eigenvalue weighted by Gasteiger charge is -2.11. The number of aliphatic hydroxyl groups is 1. The number of benzene rings is 1. The van der Waals surface area contributed by atoms with Crippen LogP contribution in [0.3, 0.4) is 0 Å². The zero-order chi connectivity index (χ0) is 22.8. The summed E-state index contributed by atoms with van der Waals surface area (Å²) in [6, 6.07) is 17.0. The molecule has 0 amide bonds. The second kappa shape index (κ2) is 8.49. The molecule has 10 nitrogen and oxygen atoms in total. The number of hydrogen-bond acceptors (Lipinski definition) is 8. The van der Waals surface area contributed by atoms with E-state index >= 15 is 0 Å². The van der Waals surface area contributed by atoms with Crippen LogP contribution in [0, 0.1) is 18.3 Å². The molecule has 162 valence electrons. The van der Waals surface area contributed by atoms with Gasteiger partial charge < -0.3 is 10.4 Å². The molecule has 0 unspecified atom stereocenters. The maximum absolute atomic E-state index is 9.44. The Labute approximate surface area is 188 Å². The van der Waals surface area contributed by atoms with Gasteiger partial charge in [0, 0.05) is 18.5 Å². The fourth-order valence-corrected chi connectivity index (χ4v) is 3.50. The van der Waals surface area contributed by atoms with Gasteiger partial charge in [0.25, 0.3) is 0 Å². The Balaban J connectivity index is 1.51. The molecule has 4 aromatic heterocycles. The fourth-order valence-electron chi connectivity index (χ4n) is 3.50. The number of aliphatic hydroxyl groups excluding tert-OH is 1. The molecular weight excluding hydrogens is 418 g/mol. The van der Waals surface area contributed by atoms with E-state index in [0.717, 1.165) is 28.0 Å². The van der Waals surface area contributed by atoms with E-state index < -0.39 is 0 Å². The summed E-state index contributed by atoms with van der Waals surface area (Å²) >= 11 is 0. The zero-order valence-corrected chi connectivity index (χ0v) is 17.7. The highest BCUT2D eigenvalue weighted by Gasteiger charge is 2.13. The standard InChI is InChI=1S/C23H19N9O/c1-15-2-6-21(29-28-15)26-17-4-5-20-19(12-17)25-14-31(20)22-7-3-16(9-11-33)23(27-22)32-10-8-18(13-24)30-32/h2-8,10,12,14,33H,9,11H2,1H3,(H,26,29). The lowest BCUT2D eigenvalue weighted by molar-refractivity contribution is 0.299. The maximum Gasteiger partial charge on any atom is 0.162 e. The quantitative estimate of drug-likeness (QED) is 0.415. The van der Waals surface area contributed by atoms with Gasteiger partial charge in [-0.25, -0.2) is 14.6 Å². The van der Waals surface area contributed by atoms with Crippen LogP contribution in [-0.2, 0) is 6.42 Å². The van der Waals surface area contributed by atoms with Gasteiger partial charge in [0.15, 0.2) is 17.3 Å². The van der Waals surface area contributed by atoms with Crippen LogP contribution in [-0.4, -0.2) is 46.2 Å². The van der Waals surface area contributed by atoms with Crippen molar-refractivity contribution in [2.75, 3.05) is 11.9 Å². The number of anilines is 2. The Morgan fingerprint density at radius 1 is 1.09 bits per heavy atom. The SMILES string of the molecule is Cc1ccc(Nc2ccc3c(c2)ncn3-c2ccc(CCO)c(-n3ccc(C#N)n3)n2)nn1. The lowest BCUT2D eigenvalue weighted by atomic mass is 10.2. The Morgan fingerprint density at radius 2 is 2.00 bits per heavy atom. The normalized spacial score (nSPS) is 10.9. The first-order valence-electron chi connectivity index (χ1n) is 10.3. The van der Waals surface area contributed by atoms with Crippen molar-refractivity contribution in [2.45, 2.75) is 13.3 Å². The monoisotopic (exact) mass is 437 g/mol. The molecular formula is C23H19N9O. The molecule has 5 rings (SSSR count).